The van der Waals surface area contributed by atoms with E-state index in [2.05, 4.69) is 12.2 Å². The number of anilines is 4. The number of aromatic nitrogens is 3. The summed E-state index contributed by atoms with van der Waals surface area (Å²) >= 11 is 0. The quantitative estimate of drug-likeness (QED) is 0.299. The van der Waals surface area contributed by atoms with Crippen LogP contribution in [0.4, 0.5) is 23.5 Å². The van der Waals surface area contributed by atoms with Gasteiger partial charge in [0.15, 0.2) is 0 Å². The Morgan fingerprint density at radius 1 is 0.778 bits per heavy atom. The van der Waals surface area contributed by atoms with Crippen molar-refractivity contribution in [2.24, 2.45) is 22.9 Å². The molecule has 0 aliphatic carbocycles. The molecule has 198 valence electrons. The first kappa shape index (κ1) is 26.3. The van der Waals surface area contributed by atoms with E-state index in [4.69, 9.17) is 42.6 Å². The summed E-state index contributed by atoms with van der Waals surface area (Å²) in [7, 11) is 0. The largest absolute Gasteiger partial charge is 0.494 e. The molecule has 2 aliphatic rings. The number of hydrogen-bond acceptors (Lipinski definition) is 11. The van der Waals surface area contributed by atoms with Crippen LogP contribution in [0.5, 0.6) is 5.75 Å². The highest BCUT2D eigenvalue weighted by Crippen LogP contribution is 2.24. The number of benzene rings is 1. The number of piperidine rings is 2. The van der Waals surface area contributed by atoms with Crippen LogP contribution in [-0.4, -0.2) is 71.9 Å². The average molecular weight is 499 g/mol. The van der Waals surface area contributed by atoms with Crippen LogP contribution in [0.3, 0.4) is 0 Å². The molecule has 0 bridgehead atoms. The number of rotatable bonds is 10. The molecule has 3 heterocycles. The number of ether oxygens (including phenoxy) is 1. The van der Waals surface area contributed by atoms with Gasteiger partial charge < -0.3 is 42.8 Å². The second-order valence-corrected chi connectivity index (χ2v) is 10.1. The van der Waals surface area contributed by atoms with Crippen LogP contribution < -0.4 is 42.8 Å². The van der Waals surface area contributed by atoms with Crippen molar-refractivity contribution < 1.29 is 4.74 Å². The summed E-state index contributed by atoms with van der Waals surface area (Å²) in [6.45, 7) is 5.49. The smallest absolute Gasteiger partial charge is 0.233 e. The molecular weight excluding hydrogens is 456 g/mol. The van der Waals surface area contributed by atoms with Gasteiger partial charge in [-0.05, 0) is 43.5 Å². The molecule has 11 nitrogen and oxygen atoms in total. The van der Waals surface area contributed by atoms with Gasteiger partial charge in [0.1, 0.15) is 5.75 Å². The molecule has 1 aromatic heterocycles. The van der Waals surface area contributed by atoms with E-state index in [9.17, 15) is 0 Å². The third-order valence-electron chi connectivity index (χ3n) is 6.59. The second-order valence-electron chi connectivity index (χ2n) is 10.1. The Labute approximate surface area is 214 Å². The molecule has 0 amide bonds. The van der Waals surface area contributed by atoms with Crippen LogP contribution in [0, 0.1) is 0 Å². The monoisotopic (exact) mass is 498 g/mol. The lowest BCUT2D eigenvalue weighted by molar-refractivity contribution is 0.305. The van der Waals surface area contributed by atoms with Crippen molar-refractivity contribution in [3.63, 3.8) is 0 Å². The van der Waals surface area contributed by atoms with E-state index >= 15 is 0 Å². The van der Waals surface area contributed by atoms with Crippen LogP contribution in [-0.2, 0) is 0 Å². The summed E-state index contributed by atoms with van der Waals surface area (Å²) in [4.78, 5) is 18.3. The van der Waals surface area contributed by atoms with Crippen LogP contribution in [0.25, 0.3) is 0 Å². The summed E-state index contributed by atoms with van der Waals surface area (Å²) in [5.41, 5.74) is 25.8. The minimum atomic E-state index is -0.0308. The zero-order chi connectivity index (χ0) is 25.5. The number of nitrogens with zero attached hydrogens (tertiary/aromatic N) is 5. The Hall–Kier alpha value is -2.73. The predicted molar refractivity (Wildman–Crippen MR) is 145 cm³/mol. The van der Waals surface area contributed by atoms with Crippen LogP contribution in [0.2, 0.25) is 0 Å². The van der Waals surface area contributed by atoms with Crippen molar-refractivity contribution in [3.05, 3.63) is 24.3 Å². The molecule has 36 heavy (non-hydrogen) atoms. The number of nitrogens with one attached hydrogen (secondary N) is 1. The second kappa shape index (κ2) is 12.5. The zero-order valence-corrected chi connectivity index (χ0v) is 21.4. The molecule has 2 aliphatic heterocycles. The van der Waals surface area contributed by atoms with Gasteiger partial charge >= 0.3 is 0 Å². The van der Waals surface area contributed by atoms with E-state index in [1.54, 1.807) is 0 Å². The highest BCUT2D eigenvalue weighted by Gasteiger charge is 2.28. The first-order valence-corrected chi connectivity index (χ1v) is 13.2. The molecule has 1 aromatic carbocycles. The topological polar surface area (TPSA) is 170 Å². The van der Waals surface area contributed by atoms with Crippen molar-refractivity contribution >= 4 is 23.5 Å². The van der Waals surface area contributed by atoms with Crippen LogP contribution in [0.1, 0.15) is 45.4 Å². The normalized spacial score (nSPS) is 24.6. The van der Waals surface area contributed by atoms with E-state index < -0.39 is 0 Å². The number of nitrogens with two attached hydrogens (primary N) is 4. The van der Waals surface area contributed by atoms with Gasteiger partial charge in [-0.2, -0.15) is 15.0 Å². The van der Waals surface area contributed by atoms with Crippen molar-refractivity contribution in [2.75, 3.05) is 47.9 Å². The first-order chi connectivity index (χ1) is 17.4. The SMILES string of the molecule is CCCCCCOc1ccc(Nc2nc(N3C[C@H](N)C[C@H](N)C3)nc(N3C[C@H](N)C[C@H](N)C3)n2)cc1. The van der Waals surface area contributed by atoms with E-state index in [0.29, 0.717) is 44.0 Å². The van der Waals surface area contributed by atoms with Gasteiger partial charge in [0.2, 0.25) is 17.8 Å². The molecule has 2 saturated heterocycles. The molecule has 0 unspecified atom stereocenters. The van der Waals surface area contributed by atoms with Gasteiger partial charge in [0.25, 0.3) is 0 Å². The highest BCUT2D eigenvalue weighted by molar-refractivity contribution is 5.57. The Morgan fingerprint density at radius 2 is 1.31 bits per heavy atom. The first-order valence-electron chi connectivity index (χ1n) is 13.2. The van der Waals surface area contributed by atoms with Gasteiger partial charge in [0.05, 0.1) is 6.61 Å². The molecule has 11 heteroatoms. The van der Waals surface area contributed by atoms with Gasteiger partial charge in [0, 0.05) is 56.0 Å². The molecule has 9 N–H and O–H groups in total. The molecule has 0 radical (unpaired) electrons. The standard InChI is InChI=1S/C25H42N10O/c1-2-3-4-5-10-36-22-8-6-21(7-9-22)30-23-31-24(34-13-17(26)11-18(27)14-34)33-25(32-23)35-15-19(28)12-20(29)16-35/h6-9,17-20H,2-5,10-16,26-29H2,1H3,(H,30,31,32,33)/t17-,18+,19-,20+. The summed E-state index contributed by atoms with van der Waals surface area (Å²) in [5.74, 6) is 2.39. The fourth-order valence-corrected chi connectivity index (χ4v) is 4.86. The third-order valence-corrected chi connectivity index (χ3v) is 6.59. The van der Waals surface area contributed by atoms with E-state index in [0.717, 1.165) is 37.3 Å². The highest BCUT2D eigenvalue weighted by atomic mass is 16.5. The molecule has 4 atom stereocenters. The Morgan fingerprint density at radius 3 is 1.81 bits per heavy atom. The van der Waals surface area contributed by atoms with E-state index in [-0.39, 0.29) is 24.2 Å². The fraction of sp³-hybridized carbons (Fsp3) is 0.640. The van der Waals surface area contributed by atoms with Crippen LogP contribution in [0.15, 0.2) is 24.3 Å². The maximum atomic E-state index is 6.24. The van der Waals surface area contributed by atoms with Gasteiger partial charge in [-0.25, -0.2) is 0 Å². The minimum Gasteiger partial charge on any atom is -0.494 e. The van der Waals surface area contributed by atoms with E-state index in [1.165, 1.54) is 19.3 Å². The summed E-state index contributed by atoms with van der Waals surface area (Å²) < 4.78 is 5.87. The molecular formula is C25H42N10O. The van der Waals surface area contributed by atoms with Crippen LogP contribution >= 0.6 is 0 Å². The maximum absolute atomic E-state index is 6.24. The predicted octanol–water partition coefficient (Wildman–Crippen LogP) is 1.30. The van der Waals surface area contributed by atoms with Gasteiger partial charge in [-0.3, -0.25) is 0 Å². The average Bonchev–Trinajstić information content (AvgIpc) is 2.83. The van der Waals surface area contributed by atoms with Crippen molar-refractivity contribution in [3.8, 4) is 5.75 Å². The van der Waals surface area contributed by atoms with Crippen molar-refractivity contribution in [2.45, 2.75) is 69.6 Å². The Balaban J connectivity index is 1.51. The zero-order valence-electron chi connectivity index (χ0n) is 21.4. The fourth-order valence-electron chi connectivity index (χ4n) is 4.86. The molecule has 0 spiro atoms. The van der Waals surface area contributed by atoms with Crippen molar-refractivity contribution in [1.82, 2.24) is 15.0 Å². The Kier molecular flexibility index (Phi) is 9.13. The molecule has 2 aromatic rings. The number of hydrogen-bond donors (Lipinski definition) is 5. The lowest BCUT2D eigenvalue weighted by Crippen LogP contribution is -2.54. The molecule has 2 fully saturated rings. The third kappa shape index (κ3) is 7.39. The van der Waals surface area contributed by atoms with Gasteiger partial charge in [-0.1, -0.05) is 26.2 Å². The minimum absolute atomic E-state index is 0.0308. The molecule has 4 rings (SSSR count). The summed E-state index contributed by atoms with van der Waals surface area (Å²) in [5, 5.41) is 3.32. The number of unbranched alkanes of at least 4 members (excludes halogenated alkanes) is 3. The lowest BCUT2D eigenvalue weighted by atomic mass is 10.0. The van der Waals surface area contributed by atoms with Gasteiger partial charge in [-0.15, -0.1) is 0 Å². The lowest BCUT2D eigenvalue weighted by Gasteiger charge is -2.37. The maximum Gasteiger partial charge on any atom is 0.233 e. The van der Waals surface area contributed by atoms with Crippen molar-refractivity contribution in [1.29, 1.82) is 0 Å². The summed E-state index contributed by atoms with van der Waals surface area (Å²) in [6.07, 6.45) is 6.28. The molecule has 0 saturated carbocycles. The summed E-state index contributed by atoms with van der Waals surface area (Å²) in [6, 6.07) is 7.71. The van der Waals surface area contributed by atoms with E-state index in [1.807, 2.05) is 34.1 Å². The Bertz CT molecular complexity index is 894.